The van der Waals surface area contributed by atoms with E-state index in [0.29, 0.717) is 23.7 Å². The van der Waals surface area contributed by atoms with Gasteiger partial charge in [-0.1, -0.05) is 12.1 Å². The summed E-state index contributed by atoms with van der Waals surface area (Å²) in [4.78, 5) is 0. The van der Waals surface area contributed by atoms with Gasteiger partial charge in [-0.05, 0) is 17.7 Å². The van der Waals surface area contributed by atoms with Crippen LogP contribution in [0.15, 0.2) is 36.4 Å². The maximum Gasteiger partial charge on any atom is 0.150 e. The van der Waals surface area contributed by atoms with E-state index in [9.17, 15) is 5.11 Å². The smallest absolute Gasteiger partial charge is 0.150 e. The van der Waals surface area contributed by atoms with Gasteiger partial charge in [-0.3, -0.25) is 0 Å². The van der Waals surface area contributed by atoms with E-state index in [4.69, 9.17) is 18.9 Å². The van der Waals surface area contributed by atoms with E-state index in [-0.39, 0.29) is 0 Å². The van der Waals surface area contributed by atoms with Crippen LogP contribution in [0.4, 0.5) is 0 Å². The quantitative estimate of drug-likeness (QED) is 0.940. The molecule has 0 saturated heterocycles. The number of ether oxygens (including phenoxy) is 4. The molecule has 0 aromatic heterocycles. The molecule has 1 N–H and O–H groups in total. The molecule has 0 radical (unpaired) electrons. The molecule has 2 atom stereocenters. The molecule has 2 aromatic rings. The highest BCUT2D eigenvalue weighted by atomic mass is 16.5. The largest absolute Gasteiger partial charge is 0.497 e. The molecule has 2 aromatic carbocycles. The van der Waals surface area contributed by atoms with E-state index in [1.165, 1.54) is 0 Å². The van der Waals surface area contributed by atoms with Crippen molar-refractivity contribution in [2.75, 3.05) is 21.3 Å². The standard InChI is InChI=1S/C18H20O5/c1-20-12-6-4-11(5-7-12)18-15(19)10-14-16(22-3)8-13(21-2)9-17(14)23-18/h4-9,15,18-19H,10H2,1-3H3/t15-,18-/m1/s1. The van der Waals surface area contributed by atoms with E-state index in [1.807, 2.05) is 30.3 Å². The molecule has 5 heteroatoms. The predicted molar refractivity (Wildman–Crippen MR) is 85.6 cm³/mol. The summed E-state index contributed by atoms with van der Waals surface area (Å²) in [6.45, 7) is 0. The van der Waals surface area contributed by atoms with Crippen LogP contribution in [0.1, 0.15) is 17.2 Å². The maximum atomic E-state index is 10.5. The molecule has 23 heavy (non-hydrogen) atoms. The van der Waals surface area contributed by atoms with Gasteiger partial charge in [0.25, 0.3) is 0 Å². The normalized spacial score (nSPS) is 19.5. The van der Waals surface area contributed by atoms with Crippen LogP contribution in [0.2, 0.25) is 0 Å². The van der Waals surface area contributed by atoms with Crippen molar-refractivity contribution in [3.63, 3.8) is 0 Å². The molecular weight excluding hydrogens is 296 g/mol. The molecular formula is C18H20O5. The zero-order valence-corrected chi connectivity index (χ0v) is 13.4. The molecule has 5 nitrogen and oxygen atoms in total. The van der Waals surface area contributed by atoms with E-state index >= 15 is 0 Å². The summed E-state index contributed by atoms with van der Waals surface area (Å²) in [5, 5.41) is 10.5. The van der Waals surface area contributed by atoms with Gasteiger partial charge in [-0.25, -0.2) is 0 Å². The Bertz CT molecular complexity index is 681. The first-order valence-electron chi connectivity index (χ1n) is 7.40. The van der Waals surface area contributed by atoms with Gasteiger partial charge in [0.15, 0.2) is 0 Å². The minimum absolute atomic E-state index is 0.440. The Morgan fingerprint density at radius 2 is 1.65 bits per heavy atom. The van der Waals surface area contributed by atoms with Crippen LogP contribution in [0.5, 0.6) is 23.0 Å². The molecule has 122 valence electrons. The lowest BCUT2D eigenvalue weighted by atomic mass is 9.94. The Labute approximate surface area is 135 Å². The molecule has 0 amide bonds. The molecule has 3 rings (SSSR count). The van der Waals surface area contributed by atoms with E-state index < -0.39 is 12.2 Å². The molecule has 1 heterocycles. The van der Waals surface area contributed by atoms with Gasteiger partial charge in [-0.15, -0.1) is 0 Å². The fourth-order valence-electron chi connectivity index (χ4n) is 2.82. The number of fused-ring (bicyclic) bond motifs is 1. The maximum absolute atomic E-state index is 10.5. The van der Waals surface area contributed by atoms with Crippen molar-refractivity contribution < 1.29 is 24.1 Å². The van der Waals surface area contributed by atoms with E-state index in [1.54, 1.807) is 27.4 Å². The molecule has 1 aliphatic rings. The molecule has 1 aliphatic heterocycles. The van der Waals surface area contributed by atoms with Gasteiger partial charge in [-0.2, -0.15) is 0 Å². The lowest BCUT2D eigenvalue weighted by molar-refractivity contribution is 0.0198. The van der Waals surface area contributed by atoms with Crippen LogP contribution in [-0.2, 0) is 6.42 Å². The topological polar surface area (TPSA) is 57.2 Å². The number of methoxy groups -OCH3 is 3. The van der Waals surface area contributed by atoms with Gasteiger partial charge < -0.3 is 24.1 Å². The summed E-state index contributed by atoms with van der Waals surface area (Å²) in [6, 6.07) is 11.1. The van der Waals surface area contributed by atoms with Crippen molar-refractivity contribution in [2.24, 2.45) is 0 Å². The number of hydrogen-bond acceptors (Lipinski definition) is 5. The first-order chi connectivity index (χ1) is 11.2. The number of benzene rings is 2. The highest BCUT2D eigenvalue weighted by molar-refractivity contribution is 5.52. The second kappa shape index (κ2) is 6.38. The SMILES string of the molecule is COc1ccc([C@H]2Oc3cc(OC)cc(OC)c3C[C@H]2O)cc1. The first-order valence-corrected chi connectivity index (χ1v) is 7.40. The lowest BCUT2D eigenvalue weighted by Gasteiger charge is -2.32. The second-order valence-electron chi connectivity index (χ2n) is 5.39. The number of rotatable bonds is 4. The molecule has 0 spiro atoms. The van der Waals surface area contributed by atoms with Crippen LogP contribution in [0.3, 0.4) is 0 Å². The van der Waals surface area contributed by atoms with Crippen LogP contribution in [0.25, 0.3) is 0 Å². The fourth-order valence-corrected chi connectivity index (χ4v) is 2.82. The second-order valence-corrected chi connectivity index (χ2v) is 5.39. The molecule has 0 unspecified atom stereocenters. The zero-order valence-electron chi connectivity index (χ0n) is 13.4. The third kappa shape index (κ3) is 2.92. The Balaban J connectivity index is 1.95. The van der Waals surface area contributed by atoms with Crippen molar-refractivity contribution in [3.8, 4) is 23.0 Å². The van der Waals surface area contributed by atoms with Gasteiger partial charge in [0.2, 0.25) is 0 Å². The van der Waals surface area contributed by atoms with Crippen molar-refractivity contribution in [1.82, 2.24) is 0 Å². The van der Waals surface area contributed by atoms with Crippen molar-refractivity contribution in [2.45, 2.75) is 18.6 Å². The Kier molecular flexibility index (Phi) is 4.30. The number of aliphatic hydroxyl groups is 1. The number of aliphatic hydroxyl groups excluding tert-OH is 1. The number of hydrogen-bond donors (Lipinski definition) is 1. The van der Waals surface area contributed by atoms with Gasteiger partial charge >= 0.3 is 0 Å². The molecule has 0 saturated carbocycles. The average molecular weight is 316 g/mol. The lowest BCUT2D eigenvalue weighted by Crippen LogP contribution is -2.30. The summed E-state index contributed by atoms with van der Waals surface area (Å²) in [7, 11) is 4.81. The van der Waals surface area contributed by atoms with E-state index in [2.05, 4.69) is 0 Å². The van der Waals surface area contributed by atoms with Gasteiger partial charge in [0.05, 0.1) is 27.4 Å². The zero-order chi connectivity index (χ0) is 16.4. The van der Waals surface area contributed by atoms with Crippen molar-refractivity contribution in [1.29, 1.82) is 0 Å². The average Bonchev–Trinajstić information content (AvgIpc) is 2.60. The summed E-state index contributed by atoms with van der Waals surface area (Å²) in [5.74, 6) is 2.76. The highest BCUT2D eigenvalue weighted by Gasteiger charge is 2.32. The first kappa shape index (κ1) is 15.5. The third-order valence-corrected chi connectivity index (χ3v) is 4.06. The van der Waals surface area contributed by atoms with Crippen LogP contribution >= 0.6 is 0 Å². The Morgan fingerprint density at radius 1 is 0.957 bits per heavy atom. The monoisotopic (exact) mass is 316 g/mol. The van der Waals surface area contributed by atoms with Crippen molar-refractivity contribution >= 4 is 0 Å². The third-order valence-electron chi connectivity index (χ3n) is 4.06. The summed E-state index contributed by atoms with van der Waals surface area (Å²) in [6.07, 6.45) is -0.637. The molecule has 0 bridgehead atoms. The minimum Gasteiger partial charge on any atom is -0.497 e. The van der Waals surface area contributed by atoms with Crippen molar-refractivity contribution in [3.05, 3.63) is 47.5 Å². The van der Waals surface area contributed by atoms with Crippen LogP contribution in [0, 0.1) is 0 Å². The predicted octanol–water partition coefficient (Wildman–Crippen LogP) is 2.75. The summed E-state index contributed by atoms with van der Waals surface area (Å²) >= 11 is 0. The highest BCUT2D eigenvalue weighted by Crippen LogP contribution is 2.42. The fraction of sp³-hybridized carbons (Fsp3) is 0.333. The Morgan fingerprint density at radius 3 is 2.26 bits per heavy atom. The van der Waals surface area contributed by atoms with E-state index in [0.717, 1.165) is 16.9 Å². The minimum atomic E-state index is -0.654. The van der Waals surface area contributed by atoms with Gasteiger partial charge in [0, 0.05) is 24.1 Å². The summed E-state index contributed by atoms with van der Waals surface area (Å²) in [5.41, 5.74) is 1.75. The van der Waals surface area contributed by atoms with Gasteiger partial charge in [0.1, 0.15) is 29.1 Å². The summed E-state index contributed by atoms with van der Waals surface area (Å²) < 4.78 is 21.9. The van der Waals surface area contributed by atoms with Crippen LogP contribution < -0.4 is 18.9 Å². The Hall–Kier alpha value is -2.40. The molecule has 0 fully saturated rings. The van der Waals surface area contributed by atoms with Crippen LogP contribution in [-0.4, -0.2) is 32.5 Å². The molecule has 0 aliphatic carbocycles.